The van der Waals surface area contributed by atoms with Gasteiger partial charge in [-0.25, -0.2) is 0 Å². The van der Waals surface area contributed by atoms with Crippen LogP contribution in [0, 0.1) is 5.41 Å². The standard InChI is InChI=1S/C15H19ClO3S/c1-5-19-13(17)12(15(2,3)4)20-14(18)10-6-8-11(16)9-7-10/h6-9,12H,5H2,1-4H3. The second-order valence-electron chi connectivity index (χ2n) is 5.41. The second-order valence-corrected chi connectivity index (χ2v) is 6.92. The summed E-state index contributed by atoms with van der Waals surface area (Å²) in [4.78, 5) is 24.2. The summed E-state index contributed by atoms with van der Waals surface area (Å²) in [6.07, 6.45) is 0. The highest BCUT2D eigenvalue weighted by molar-refractivity contribution is 8.15. The van der Waals surface area contributed by atoms with E-state index < -0.39 is 5.25 Å². The number of carbonyl (C=O) groups excluding carboxylic acids is 2. The Labute approximate surface area is 129 Å². The predicted molar refractivity (Wildman–Crippen MR) is 83.2 cm³/mol. The Bertz CT molecular complexity index is 477. The molecule has 1 aromatic rings. The first kappa shape index (κ1) is 17.1. The summed E-state index contributed by atoms with van der Waals surface area (Å²) in [5, 5.41) is -0.121. The van der Waals surface area contributed by atoms with Gasteiger partial charge in [0.1, 0.15) is 5.25 Å². The molecule has 0 aromatic heterocycles. The quantitative estimate of drug-likeness (QED) is 0.782. The zero-order valence-corrected chi connectivity index (χ0v) is 13.7. The van der Waals surface area contributed by atoms with Gasteiger partial charge in [-0.05, 0) is 36.6 Å². The van der Waals surface area contributed by atoms with Gasteiger partial charge in [0.15, 0.2) is 0 Å². The molecular formula is C15H19ClO3S. The Balaban J connectivity index is 2.87. The molecule has 1 rings (SSSR count). The molecule has 0 radical (unpaired) electrons. The summed E-state index contributed by atoms with van der Waals surface area (Å²) in [5.41, 5.74) is 0.164. The molecule has 0 N–H and O–H groups in total. The Morgan fingerprint density at radius 1 is 1.25 bits per heavy atom. The molecule has 0 aliphatic carbocycles. The summed E-state index contributed by atoms with van der Waals surface area (Å²) in [7, 11) is 0. The first-order chi connectivity index (χ1) is 9.25. The van der Waals surface area contributed by atoms with Crippen molar-refractivity contribution in [3.05, 3.63) is 34.9 Å². The van der Waals surface area contributed by atoms with E-state index in [0.717, 1.165) is 11.8 Å². The molecular weight excluding hydrogens is 296 g/mol. The number of thioether (sulfide) groups is 1. The van der Waals surface area contributed by atoms with Crippen molar-refractivity contribution >= 4 is 34.4 Å². The van der Waals surface area contributed by atoms with Gasteiger partial charge in [0.05, 0.1) is 6.61 Å². The van der Waals surface area contributed by atoms with E-state index in [9.17, 15) is 9.59 Å². The highest BCUT2D eigenvalue weighted by Gasteiger charge is 2.35. The minimum Gasteiger partial charge on any atom is -0.465 e. The van der Waals surface area contributed by atoms with Crippen LogP contribution in [0.3, 0.4) is 0 Å². The maximum Gasteiger partial charge on any atom is 0.320 e. The van der Waals surface area contributed by atoms with Crippen molar-refractivity contribution < 1.29 is 14.3 Å². The first-order valence-electron chi connectivity index (χ1n) is 6.39. The van der Waals surface area contributed by atoms with Crippen molar-refractivity contribution in [2.24, 2.45) is 5.41 Å². The summed E-state index contributed by atoms with van der Waals surface area (Å²) >= 11 is 6.80. The van der Waals surface area contributed by atoms with Crippen molar-refractivity contribution in [3.8, 4) is 0 Å². The molecule has 0 amide bonds. The number of ether oxygens (including phenoxy) is 1. The molecule has 3 nitrogen and oxygen atoms in total. The Morgan fingerprint density at radius 3 is 2.25 bits per heavy atom. The maximum atomic E-state index is 12.2. The van der Waals surface area contributed by atoms with E-state index in [1.807, 2.05) is 20.8 Å². The maximum absolute atomic E-state index is 12.2. The van der Waals surface area contributed by atoms with Gasteiger partial charge in [-0.3, -0.25) is 9.59 Å². The molecule has 0 fully saturated rings. The van der Waals surface area contributed by atoms with E-state index in [2.05, 4.69) is 0 Å². The number of halogens is 1. The van der Waals surface area contributed by atoms with Gasteiger partial charge in [0.25, 0.3) is 0 Å². The molecule has 1 atom stereocenters. The van der Waals surface area contributed by atoms with Crippen LogP contribution in [0.1, 0.15) is 38.1 Å². The van der Waals surface area contributed by atoms with Gasteiger partial charge in [-0.15, -0.1) is 0 Å². The van der Waals surface area contributed by atoms with E-state index in [-0.39, 0.29) is 16.5 Å². The smallest absolute Gasteiger partial charge is 0.320 e. The fourth-order valence-electron chi connectivity index (χ4n) is 1.56. The van der Waals surface area contributed by atoms with Crippen LogP contribution in [0.15, 0.2) is 24.3 Å². The van der Waals surface area contributed by atoms with Crippen LogP contribution in [-0.4, -0.2) is 22.9 Å². The van der Waals surface area contributed by atoms with Crippen LogP contribution in [-0.2, 0) is 9.53 Å². The molecule has 20 heavy (non-hydrogen) atoms. The molecule has 0 aliphatic heterocycles. The monoisotopic (exact) mass is 314 g/mol. The molecule has 5 heteroatoms. The van der Waals surface area contributed by atoms with Gasteiger partial charge in [-0.2, -0.15) is 0 Å². The average molecular weight is 315 g/mol. The van der Waals surface area contributed by atoms with E-state index in [4.69, 9.17) is 16.3 Å². The van der Waals surface area contributed by atoms with Crippen LogP contribution < -0.4 is 0 Å². The third kappa shape index (κ3) is 4.84. The molecule has 0 spiro atoms. The van der Waals surface area contributed by atoms with Crippen molar-refractivity contribution in [2.75, 3.05) is 6.61 Å². The van der Waals surface area contributed by atoms with E-state index in [0.29, 0.717) is 17.2 Å². The number of hydrogen-bond donors (Lipinski definition) is 0. The lowest BCUT2D eigenvalue weighted by atomic mass is 9.92. The van der Waals surface area contributed by atoms with Crippen molar-refractivity contribution in [2.45, 2.75) is 32.9 Å². The van der Waals surface area contributed by atoms with E-state index in [1.165, 1.54) is 0 Å². The Morgan fingerprint density at radius 2 is 1.80 bits per heavy atom. The SMILES string of the molecule is CCOC(=O)C(SC(=O)c1ccc(Cl)cc1)C(C)(C)C. The fraction of sp³-hybridized carbons (Fsp3) is 0.467. The van der Waals surface area contributed by atoms with Gasteiger partial charge in [0.2, 0.25) is 5.12 Å². The number of hydrogen-bond acceptors (Lipinski definition) is 4. The van der Waals surface area contributed by atoms with E-state index in [1.54, 1.807) is 31.2 Å². The van der Waals surface area contributed by atoms with Crippen molar-refractivity contribution in [1.82, 2.24) is 0 Å². The molecule has 1 unspecified atom stereocenters. The number of benzene rings is 1. The molecule has 1 aromatic carbocycles. The van der Waals surface area contributed by atoms with Gasteiger partial charge >= 0.3 is 5.97 Å². The number of carbonyl (C=O) groups is 2. The molecule has 0 heterocycles. The first-order valence-corrected chi connectivity index (χ1v) is 7.64. The highest BCUT2D eigenvalue weighted by atomic mass is 35.5. The third-order valence-corrected chi connectivity index (χ3v) is 4.43. The normalized spacial score (nSPS) is 12.8. The highest BCUT2D eigenvalue weighted by Crippen LogP contribution is 2.33. The lowest BCUT2D eigenvalue weighted by Crippen LogP contribution is -2.34. The molecule has 0 saturated heterocycles. The van der Waals surface area contributed by atoms with Crippen LogP contribution in [0.2, 0.25) is 5.02 Å². The molecule has 0 bridgehead atoms. The summed E-state index contributed by atoms with van der Waals surface area (Å²) < 4.78 is 5.05. The average Bonchev–Trinajstić information content (AvgIpc) is 2.35. The minimum absolute atomic E-state index is 0.158. The number of rotatable bonds is 4. The predicted octanol–water partition coefficient (Wildman–Crippen LogP) is 4.19. The van der Waals surface area contributed by atoms with Crippen molar-refractivity contribution in [3.63, 3.8) is 0 Å². The molecule has 0 aliphatic rings. The van der Waals surface area contributed by atoms with Gasteiger partial charge in [0, 0.05) is 10.6 Å². The Kier molecular flexibility index (Phi) is 6.08. The Hall–Kier alpha value is -1.00. The topological polar surface area (TPSA) is 43.4 Å². The van der Waals surface area contributed by atoms with Crippen LogP contribution in [0.25, 0.3) is 0 Å². The summed E-state index contributed by atoms with van der Waals surface area (Å²) in [6, 6.07) is 6.63. The van der Waals surface area contributed by atoms with Crippen LogP contribution >= 0.6 is 23.4 Å². The summed E-state index contributed by atoms with van der Waals surface area (Å²) in [6.45, 7) is 7.80. The largest absolute Gasteiger partial charge is 0.465 e. The molecule has 0 saturated carbocycles. The van der Waals surface area contributed by atoms with E-state index >= 15 is 0 Å². The minimum atomic E-state index is -0.536. The van der Waals surface area contributed by atoms with Gasteiger partial charge < -0.3 is 4.74 Å². The van der Waals surface area contributed by atoms with Crippen LogP contribution in [0.5, 0.6) is 0 Å². The lowest BCUT2D eigenvalue weighted by Gasteiger charge is -2.27. The fourth-order valence-corrected chi connectivity index (χ4v) is 2.69. The second kappa shape index (κ2) is 7.14. The van der Waals surface area contributed by atoms with Crippen molar-refractivity contribution in [1.29, 1.82) is 0 Å². The number of esters is 1. The summed E-state index contributed by atoms with van der Waals surface area (Å²) in [5.74, 6) is -0.354. The zero-order chi connectivity index (χ0) is 15.3. The molecule has 110 valence electrons. The lowest BCUT2D eigenvalue weighted by molar-refractivity contribution is -0.144. The van der Waals surface area contributed by atoms with Gasteiger partial charge in [-0.1, -0.05) is 44.1 Å². The third-order valence-electron chi connectivity index (χ3n) is 2.59. The van der Waals surface area contributed by atoms with Crippen LogP contribution in [0.4, 0.5) is 0 Å². The zero-order valence-electron chi connectivity index (χ0n) is 12.1.